The van der Waals surface area contributed by atoms with Gasteiger partial charge in [0.05, 0.1) is 11.1 Å². The van der Waals surface area contributed by atoms with Crippen LogP contribution in [0.25, 0.3) is 76.7 Å². The van der Waals surface area contributed by atoms with Crippen LogP contribution in [0, 0.1) is 0 Å². The Kier molecular flexibility index (Phi) is 5.54. The van der Waals surface area contributed by atoms with Gasteiger partial charge in [-0.2, -0.15) is 0 Å². The van der Waals surface area contributed by atoms with E-state index in [2.05, 4.69) is 143 Å². The Hall–Kier alpha value is -6.39. The van der Waals surface area contributed by atoms with Gasteiger partial charge in [-0.1, -0.05) is 84.9 Å². The van der Waals surface area contributed by atoms with Gasteiger partial charge < -0.3 is 13.7 Å². The molecule has 0 aliphatic heterocycles. The molecule has 7 aromatic carbocycles. The maximum Gasteiger partial charge on any atom is 0.227 e. The predicted molar refractivity (Wildman–Crippen MR) is 194 cm³/mol. The first-order valence-electron chi connectivity index (χ1n) is 15.8. The first-order chi connectivity index (χ1) is 23.3. The molecule has 0 bridgehead atoms. The van der Waals surface area contributed by atoms with E-state index in [9.17, 15) is 0 Å². The molecular formula is C43H26N2O2. The normalized spacial score (nSPS) is 11.8. The van der Waals surface area contributed by atoms with Crippen LogP contribution in [0.3, 0.4) is 0 Å². The highest BCUT2D eigenvalue weighted by Crippen LogP contribution is 2.45. The summed E-state index contributed by atoms with van der Waals surface area (Å²) in [6, 6.07) is 53.5. The molecule has 4 nitrogen and oxygen atoms in total. The van der Waals surface area contributed by atoms with Gasteiger partial charge in [-0.3, -0.25) is 0 Å². The summed E-state index contributed by atoms with van der Waals surface area (Å²) in [6.45, 7) is 0. The van der Waals surface area contributed by atoms with Gasteiger partial charge in [0.1, 0.15) is 16.7 Å². The molecule has 10 rings (SSSR count). The number of fused-ring (bicyclic) bond motifs is 9. The van der Waals surface area contributed by atoms with Crippen molar-refractivity contribution in [3.63, 3.8) is 0 Å². The molecule has 0 radical (unpaired) electrons. The molecule has 0 atom stereocenters. The molecule has 0 N–H and O–H groups in total. The van der Waals surface area contributed by atoms with E-state index < -0.39 is 0 Å². The average Bonchev–Trinajstić information content (AvgIpc) is 3.71. The quantitative estimate of drug-likeness (QED) is 0.201. The van der Waals surface area contributed by atoms with E-state index in [0.717, 1.165) is 71.7 Å². The molecule has 0 aliphatic carbocycles. The van der Waals surface area contributed by atoms with Crippen molar-refractivity contribution in [1.82, 2.24) is 4.98 Å². The number of anilines is 3. The molecule has 3 aromatic heterocycles. The van der Waals surface area contributed by atoms with Gasteiger partial charge >= 0.3 is 0 Å². The fourth-order valence-electron chi connectivity index (χ4n) is 7.18. The van der Waals surface area contributed by atoms with Crippen LogP contribution in [0.5, 0.6) is 0 Å². The minimum absolute atomic E-state index is 0.657. The van der Waals surface area contributed by atoms with E-state index in [1.54, 1.807) is 6.20 Å². The summed E-state index contributed by atoms with van der Waals surface area (Å²) in [4.78, 5) is 6.82. The molecule has 0 aliphatic rings. The predicted octanol–water partition coefficient (Wildman–Crippen LogP) is 12.3. The molecular weight excluding hydrogens is 576 g/mol. The molecule has 0 fully saturated rings. The number of furan rings is 2. The Morgan fingerprint density at radius 2 is 1.23 bits per heavy atom. The third-order valence-corrected chi connectivity index (χ3v) is 9.30. The highest BCUT2D eigenvalue weighted by Gasteiger charge is 2.21. The van der Waals surface area contributed by atoms with Gasteiger partial charge in [0.25, 0.3) is 0 Å². The minimum atomic E-state index is 0.657. The summed E-state index contributed by atoms with van der Waals surface area (Å²) in [5.41, 5.74) is 8.76. The van der Waals surface area contributed by atoms with Crippen molar-refractivity contribution < 1.29 is 8.83 Å². The van der Waals surface area contributed by atoms with Crippen molar-refractivity contribution in [2.75, 3.05) is 4.90 Å². The monoisotopic (exact) mass is 602 g/mol. The Bertz CT molecular complexity index is 2820. The summed E-state index contributed by atoms with van der Waals surface area (Å²) in [5.74, 6) is 0. The van der Waals surface area contributed by atoms with Gasteiger partial charge in [0.2, 0.25) is 5.71 Å². The lowest BCUT2D eigenvalue weighted by Crippen LogP contribution is -2.10. The van der Waals surface area contributed by atoms with Crippen LogP contribution < -0.4 is 4.90 Å². The topological polar surface area (TPSA) is 42.4 Å². The first kappa shape index (κ1) is 25.9. The third kappa shape index (κ3) is 3.98. The van der Waals surface area contributed by atoms with Crippen LogP contribution in [-0.2, 0) is 0 Å². The number of hydrogen-bond donors (Lipinski definition) is 0. The fraction of sp³-hybridized carbons (Fsp3) is 0. The molecule has 47 heavy (non-hydrogen) atoms. The van der Waals surface area contributed by atoms with Gasteiger partial charge in [0, 0.05) is 39.1 Å². The zero-order valence-corrected chi connectivity index (χ0v) is 25.2. The standard InChI is InChI=1S/C43H26N2O2/c1-2-13-32-27(9-1)10-6-15-33(32)28-11-5-12-30(25-28)45(38-17-7-19-40-41(38)37-14-3-4-18-39(37)46-40)31-21-23-34-29(26-31)20-22-35-36-16-8-24-44-43(36)47-42(34)35/h1-26H. The highest BCUT2D eigenvalue weighted by molar-refractivity contribution is 6.16. The molecule has 0 unspecified atom stereocenters. The largest absolute Gasteiger partial charge is 0.456 e. The van der Waals surface area contributed by atoms with E-state index in [1.165, 1.54) is 16.3 Å². The van der Waals surface area contributed by atoms with Gasteiger partial charge in [-0.15, -0.1) is 0 Å². The second-order valence-electron chi connectivity index (χ2n) is 12.0. The maximum absolute atomic E-state index is 6.36. The second-order valence-corrected chi connectivity index (χ2v) is 12.0. The van der Waals surface area contributed by atoms with Gasteiger partial charge in [0.15, 0.2) is 0 Å². The molecule has 0 saturated carbocycles. The van der Waals surface area contributed by atoms with Crippen LogP contribution in [0.2, 0.25) is 0 Å². The molecule has 220 valence electrons. The average molecular weight is 603 g/mol. The molecule has 0 amide bonds. The summed E-state index contributed by atoms with van der Waals surface area (Å²) in [6.07, 6.45) is 1.77. The lowest BCUT2D eigenvalue weighted by Gasteiger charge is -2.27. The molecule has 10 aromatic rings. The van der Waals surface area contributed by atoms with Crippen molar-refractivity contribution in [2.24, 2.45) is 0 Å². The summed E-state index contributed by atoms with van der Waals surface area (Å²) in [5, 5.41) is 8.87. The smallest absolute Gasteiger partial charge is 0.227 e. The fourth-order valence-corrected chi connectivity index (χ4v) is 7.18. The number of aromatic nitrogens is 1. The van der Waals surface area contributed by atoms with Crippen LogP contribution in [-0.4, -0.2) is 4.98 Å². The first-order valence-corrected chi connectivity index (χ1v) is 15.8. The lowest BCUT2D eigenvalue weighted by molar-refractivity contribution is 0.657. The second kappa shape index (κ2) is 10.1. The molecule has 3 heterocycles. The SMILES string of the molecule is c1cc(-c2cccc3ccccc23)cc(N(c2ccc3c(ccc4c5cccnc5oc34)c2)c2cccc3oc4ccccc4c23)c1. The van der Waals surface area contributed by atoms with Crippen molar-refractivity contribution in [3.8, 4) is 11.1 Å². The number of hydrogen-bond acceptors (Lipinski definition) is 4. The van der Waals surface area contributed by atoms with E-state index in [-0.39, 0.29) is 0 Å². The summed E-state index contributed by atoms with van der Waals surface area (Å²) >= 11 is 0. The Morgan fingerprint density at radius 1 is 0.468 bits per heavy atom. The van der Waals surface area contributed by atoms with Gasteiger partial charge in [-0.05, 0) is 94.0 Å². The number of nitrogens with zero attached hydrogens (tertiary/aromatic N) is 2. The van der Waals surface area contributed by atoms with E-state index in [4.69, 9.17) is 8.83 Å². The van der Waals surface area contributed by atoms with Crippen molar-refractivity contribution in [2.45, 2.75) is 0 Å². The highest BCUT2D eigenvalue weighted by atomic mass is 16.3. The summed E-state index contributed by atoms with van der Waals surface area (Å²) in [7, 11) is 0. The van der Waals surface area contributed by atoms with E-state index >= 15 is 0 Å². The Balaban J connectivity index is 1.23. The number of benzene rings is 7. The van der Waals surface area contributed by atoms with Crippen molar-refractivity contribution >= 4 is 82.6 Å². The van der Waals surface area contributed by atoms with Crippen molar-refractivity contribution in [3.05, 3.63) is 158 Å². The third-order valence-electron chi connectivity index (χ3n) is 9.30. The van der Waals surface area contributed by atoms with Crippen LogP contribution in [0.15, 0.2) is 167 Å². The van der Waals surface area contributed by atoms with Crippen molar-refractivity contribution in [1.29, 1.82) is 0 Å². The minimum Gasteiger partial charge on any atom is -0.456 e. The van der Waals surface area contributed by atoms with Crippen LogP contribution >= 0.6 is 0 Å². The number of para-hydroxylation sites is 1. The Labute approximate surface area is 269 Å². The zero-order chi connectivity index (χ0) is 30.9. The molecule has 4 heteroatoms. The summed E-state index contributed by atoms with van der Waals surface area (Å²) < 4.78 is 12.7. The molecule has 0 saturated heterocycles. The van der Waals surface area contributed by atoms with Crippen LogP contribution in [0.4, 0.5) is 17.1 Å². The maximum atomic E-state index is 6.36. The number of rotatable bonds is 4. The lowest BCUT2D eigenvalue weighted by atomic mass is 9.97. The van der Waals surface area contributed by atoms with E-state index in [1.807, 2.05) is 18.2 Å². The Morgan fingerprint density at radius 3 is 2.21 bits per heavy atom. The number of pyridine rings is 1. The van der Waals surface area contributed by atoms with Crippen LogP contribution in [0.1, 0.15) is 0 Å². The van der Waals surface area contributed by atoms with Gasteiger partial charge in [-0.25, -0.2) is 4.98 Å². The van der Waals surface area contributed by atoms with E-state index in [0.29, 0.717) is 5.71 Å². The molecule has 0 spiro atoms. The zero-order valence-electron chi connectivity index (χ0n) is 25.2.